The number of phenols is 1. The number of nitrogens with zero attached hydrogens (tertiary/aromatic N) is 2. The molecule has 2 aromatic rings. The molecule has 0 radical (unpaired) electrons. The van der Waals surface area contributed by atoms with E-state index in [1.54, 1.807) is 46.8 Å². The topological polar surface area (TPSA) is 231 Å². The first-order valence-corrected chi connectivity index (χ1v) is 17.3. The maximum atomic E-state index is 14.3. The van der Waals surface area contributed by atoms with Crippen molar-refractivity contribution in [1.82, 2.24) is 26.3 Å². The Kier molecular flexibility index (Phi) is 15.3. The summed E-state index contributed by atoms with van der Waals surface area (Å²) >= 11 is 0. The molecule has 1 saturated heterocycles. The molecule has 0 aliphatic carbocycles. The van der Waals surface area contributed by atoms with Gasteiger partial charge in [-0.1, -0.05) is 56.3 Å². The minimum Gasteiger partial charge on any atom is -0.508 e. The van der Waals surface area contributed by atoms with Crippen LogP contribution in [0.25, 0.3) is 0 Å². The summed E-state index contributed by atoms with van der Waals surface area (Å²) in [6.45, 7) is 10.2. The molecule has 3 rings (SSSR count). The molecule has 5 atom stereocenters. The van der Waals surface area contributed by atoms with Crippen LogP contribution in [-0.4, -0.2) is 94.3 Å². The maximum Gasteiger partial charge on any atom is 0.332 e. The van der Waals surface area contributed by atoms with Crippen LogP contribution in [0.15, 0.2) is 59.7 Å². The van der Waals surface area contributed by atoms with Crippen LogP contribution >= 0.6 is 0 Å². The third-order valence-electron chi connectivity index (χ3n) is 8.08. The summed E-state index contributed by atoms with van der Waals surface area (Å²) in [5.74, 6) is -2.76. The first kappa shape index (κ1) is 41.9. The lowest BCUT2D eigenvalue weighted by atomic mass is 10.00. The fourth-order valence-electron chi connectivity index (χ4n) is 5.65. The predicted molar refractivity (Wildman–Crippen MR) is 195 cm³/mol. The van der Waals surface area contributed by atoms with E-state index < -0.39 is 71.5 Å². The number of nitrogens with one attached hydrogen (secondary N) is 4. The lowest BCUT2D eigenvalue weighted by Crippen LogP contribution is -2.59. The zero-order valence-electron chi connectivity index (χ0n) is 31.0. The van der Waals surface area contributed by atoms with E-state index in [4.69, 9.17) is 15.2 Å². The molecule has 1 heterocycles. The number of primary amides is 1. The second-order valence-corrected chi connectivity index (χ2v) is 14.2. The highest BCUT2D eigenvalue weighted by Crippen LogP contribution is 2.25. The zero-order valence-corrected chi connectivity index (χ0v) is 31.0. The van der Waals surface area contributed by atoms with Gasteiger partial charge in [0.05, 0.1) is 25.2 Å². The molecule has 1 aliphatic rings. The normalized spacial score (nSPS) is 17.6. The van der Waals surface area contributed by atoms with Gasteiger partial charge >= 0.3 is 6.03 Å². The Labute approximate surface area is 309 Å². The van der Waals surface area contributed by atoms with Gasteiger partial charge in [0.2, 0.25) is 29.5 Å². The molecule has 1 fully saturated rings. The van der Waals surface area contributed by atoms with Crippen molar-refractivity contribution in [3.05, 3.63) is 65.7 Å². The van der Waals surface area contributed by atoms with Crippen LogP contribution in [0.3, 0.4) is 0 Å². The number of amides is 6. The number of aromatic hydroxyl groups is 1. The van der Waals surface area contributed by atoms with Gasteiger partial charge in [-0.25, -0.2) is 10.2 Å². The Morgan fingerprint density at radius 3 is 2.23 bits per heavy atom. The van der Waals surface area contributed by atoms with Crippen molar-refractivity contribution in [3.8, 4) is 5.75 Å². The van der Waals surface area contributed by atoms with Gasteiger partial charge in [-0.2, -0.15) is 0 Å². The molecule has 16 heteroatoms. The van der Waals surface area contributed by atoms with Gasteiger partial charge in [-0.3, -0.25) is 19.2 Å². The number of urea groups is 1. The number of ether oxygens (including phenoxy) is 2. The van der Waals surface area contributed by atoms with Crippen molar-refractivity contribution in [1.29, 1.82) is 0 Å². The number of carbonyl (C=O) groups excluding carboxylic acids is 6. The molecule has 288 valence electrons. The predicted octanol–water partition coefficient (Wildman–Crippen LogP) is 1.64. The number of rotatable bonds is 16. The van der Waals surface area contributed by atoms with Crippen LogP contribution in [-0.2, 0) is 46.5 Å². The largest absolute Gasteiger partial charge is 0.508 e. The first-order valence-electron chi connectivity index (χ1n) is 17.3. The van der Waals surface area contributed by atoms with Gasteiger partial charge in [-0.15, -0.1) is 5.10 Å². The molecule has 16 nitrogen and oxygen atoms in total. The Balaban J connectivity index is 1.86. The summed E-state index contributed by atoms with van der Waals surface area (Å²) in [5, 5.41) is 21.6. The Bertz CT molecular complexity index is 1610. The summed E-state index contributed by atoms with van der Waals surface area (Å²) in [6.07, 6.45) is -0.150. The quantitative estimate of drug-likeness (QED) is 0.0636. The van der Waals surface area contributed by atoms with E-state index in [2.05, 4.69) is 26.5 Å². The van der Waals surface area contributed by atoms with Crippen LogP contribution in [0.5, 0.6) is 5.75 Å². The summed E-state index contributed by atoms with van der Waals surface area (Å²) in [7, 11) is 0. The van der Waals surface area contributed by atoms with E-state index in [1.807, 2.05) is 30.3 Å². The first-order chi connectivity index (χ1) is 24.9. The number of carbonyl (C=O) groups is 6. The smallest absolute Gasteiger partial charge is 0.332 e. The molecule has 0 saturated carbocycles. The number of hydrazone groups is 1. The number of nitrogens with two attached hydrogens (primary N) is 1. The molecule has 0 bridgehead atoms. The van der Waals surface area contributed by atoms with E-state index in [-0.39, 0.29) is 44.1 Å². The number of benzene rings is 2. The van der Waals surface area contributed by atoms with Crippen molar-refractivity contribution in [2.45, 2.75) is 103 Å². The van der Waals surface area contributed by atoms with Gasteiger partial charge < -0.3 is 46.0 Å². The monoisotopic (exact) mass is 737 g/mol. The number of hydrogen-bond donors (Lipinski definition) is 6. The number of aldehydes is 1. The maximum absolute atomic E-state index is 14.3. The van der Waals surface area contributed by atoms with Crippen LogP contribution < -0.4 is 27.1 Å². The number of likely N-dealkylation sites (tertiary alicyclic amines) is 1. The van der Waals surface area contributed by atoms with E-state index >= 15 is 0 Å². The van der Waals surface area contributed by atoms with Gasteiger partial charge in [0.15, 0.2) is 0 Å². The van der Waals surface area contributed by atoms with Crippen molar-refractivity contribution < 1.29 is 43.3 Å². The van der Waals surface area contributed by atoms with Crippen LogP contribution in [0.4, 0.5) is 4.79 Å². The highest BCUT2D eigenvalue weighted by molar-refractivity contribution is 5.95. The van der Waals surface area contributed by atoms with Crippen molar-refractivity contribution in [3.63, 3.8) is 0 Å². The highest BCUT2D eigenvalue weighted by atomic mass is 16.5. The van der Waals surface area contributed by atoms with Crippen LogP contribution in [0, 0.1) is 5.92 Å². The van der Waals surface area contributed by atoms with Crippen molar-refractivity contribution in [2.24, 2.45) is 16.8 Å². The molecular formula is C37H51N7O9. The number of hydrogen-bond acceptors (Lipinski definition) is 10. The van der Waals surface area contributed by atoms with Gasteiger partial charge in [0.25, 0.3) is 0 Å². The fourth-order valence-corrected chi connectivity index (χ4v) is 5.65. The van der Waals surface area contributed by atoms with Crippen LogP contribution in [0.1, 0.15) is 65.5 Å². The van der Waals surface area contributed by atoms with Gasteiger partial charge in [0, 0.05) is 26.3 Å². The van der Waals surface area contributed by atoms with Gasteiger partial charge in [0.1, 0.15) is 35.8 Å². The molecule has 6 amide bonds. The second kappa shape index (κ2) is 19.4. The number of phenolic OH excluding ortho intramolecular Hbond substituents is 1. The summed E-state index contributed by atoms with van der Waals surface area (Å²) in [5.41, 5.74) is 8.00. The minimum atomic E-state index is -1.17. The highest BCUT2D eigenvalue weighted by Gasteiger charge is 2.44. The third kappa shape index (κ3) is 13.9. The molecule has 0 spiro atoms. The second-order valence-electron chi connectivity index (χ2n) is 14.2. The van der Waals surface area contributed by atoms with E-state index in [0.29, 0.717) is 11.8 Å². The van der Waals surface area contributed by atoms with Crippen molar-refractivity contribution >= 4 is 41.8 Å². The zero-order chi connectivity index (χ0) is 39.3. The Hall–Kier alpha value is -5.51. The molecule has 1 aliphatic heterocycles. The average molecular weight is 738 g/mol. The lowest BCUT2D eigenvalue weighted by Gasteiger charge is -2.32. The Morgan fingerprint density at radius 1 is 1.00 bits per heavy atom. The summed E-state index contributed by atoms with van der Waals surface area (Å²) in [4.78, 5) is 78.8. The Morgan fingerprint density at radius 2 is 1.66 bits per heavy atom. The van der Waals surface area contributed by atoms with E-state index in [1.165, 1.54) is 24.0 Å². The molecule has 7 N–H and O–H groups in total. The molecule has 53 heavy (non-hydrogen) atoms. The summed E-state index contributed by atoms with van der Waals surface area (Å²) in [6, 6.07) is 10.2. The average Bonchev–Trinajstić information content (AvgIpc) is 3.52. The van der Waals surface area contributed by atoms with Crippen molar-refractivity contribution in [2.75, 3.05) is 6.54 Å². The fraction of sp³-hybridized carbons (Fsp3) is 0.486. The van der Waals surface area contributed by atoms with E-state index in [0.717, 1.165) is 5.56 Å². The lowest BCUT2D eigenvalue weighted by molar-refractivity contribution is -0.143. The van der Waals surface area contributed by atoms with E-state index in [9.17, 15) is 33.9 Å². The summed E-state index contributed by atoms with van der Waals surface area (Å²) < 4.78 is 11.9. The third-order valence-corrected chi connectivity index (χ3v) is 8.08. The molecule has 2 unspecified atom stereocenters. The van der Waals surface area contributed by atoms with Gasteiger partial charge in [-0.05, 0) is 49.9 Å². The molecule has 0 aromatic heterocycles. The molecular weight excluding hydrogens is 686 g/mol. The standard InChI is InChI=1S/C37H51N7O9/c1-22(2)32(41-33(48)29(39-23(3)46)16-24-12-14-27(47)15-13-24)35(50)44-19-28(52-21-25-10-8-7-9-11-25)18-30(44)34(49)40-26(20-45)17-31(42-43-36(38)51)53-37(4,5)6/h7-15,20,22,26,28-30,32,47H,16-19,21H2,1-6H3,(H,39,46)(H,40,49)(H,41,48)(H3,38,43,51)/t26?,28?,29-,30-,32-/m0/s1. The molecule has 2 aromatic carbocycles. The SMILES string of the molecule is CC(=O)N[C@@H](Cc1ccc(O)cc1)C(=O)N[C@H](C(=O)N1CC(OCc2ccccc2)C[C@H]1C(=O)NC(C=O)CC(=NNC(N)=O)OC(C)(C)C)C(C)C. The minimum absolute atomic E-state index is 0.0135. The van der Waals surface area contributed by atoms with Crippen LogP contribution in [0.2, 0.25) is 0 Å².